The predicted octanol–water partition coefficient (Wildman–Crippen LogP) is 6.43. The molecule has 106 valence electrons. The monoisotopic (exact) mass is 396 g/mol. The molecule has 0 saturated heterocycles. The van der Waals surface area contributed by atoms with Crippen LogP contribution in [0.1, 0.15) is 31.9 Å². The zero-order valence-corrected chi connectivity index (χ0v) is 15.1. The van der Waals surface area contributed by atoms with Crippen molar-refractivity contribution in [2.24, 2.45) is 0 Å². The van der Waals surface area contributed by atoms with E-state index in [1.807, 2.05) is 24.3 Å². The second-order valence-electron chi connectivity index (χ2n) is 5.77. The van der Waals surface area contributed by atoms with Gasteiger partial charge in [-0.1, -0.05) is 64.8 Å². The lowest BCUT2D eigenvalue weighted by Crippen LogP contribution is -2.10. The van der Waals surface area contributed by atoms with Gasteiger partial charge >= 0.3 is 0 Å². The molecule has 0 aliphatic heterocycles. The first-order chi connectivity index (χ1) is 9.40. The minimum atomic E-state index is 0.122. The zero-order chi connectivity index (χ0) is 14.8. The Morgan fingerprint density at radius 2 is 1.80 bits per heavy atom. The summed E-state index contributed by atoms with van der Waals surface area (Å²) in [6.07, 6.45) is 0. The molecule has 0 heterocycles. The van der Waals surface area contributed by atoms with E-state index >= 15 is 0 Å². The van der Waals surface area contributed by atoms with E-state index in [9.17, 15) is 0 Å². The Balaban J connectivity index is 2.31. The summed E-state index contributed by atoms with van der Waals surface area (Å²) >= 11 is 6.99. The van der Waals surface area contributed by atoms with Crippen molar-refractivity contribution in [3.63, 3.8) is 0 Å². The van der Waals surface area contributed by atoms with Crippen LogP contribution in [0, 0.1) is 0 Å². The highest BCUT2D eigenvalue weighted by Gasteiger charge is 2.14. The summed E-state index contributed by atoms with van der Waals surface area (Å²) in [4.78, 5) is 0. The van der Waals surface area contributed by atoms with Crippen LogP contribution in [0.3, 0.4) is 0 Å². The van der Waals surface area contributed by atoms with Crippen LogP contribution in [-0.2, 0) is 10.7 Å². The summed E-state index contributed by atoms with van der Waals surface area (Å²) in [6.45, 7) is 6.61. The molecule has 0 N–H and O–H groups in total. The van der Waals surface area contributed by atoms with Crippen molar-refractivity contribution in [1.82, 2.24) is 0 Å². The standard InChI is InChI=1S/C17H18Br2O/c1-17(2,3)13-5-4-6-15(10-13)20-16-8-7-14(19)9-12(16)11-18/h4-10H,11H2,1-3H3. The molecule has 0 unspecified atom stereocenters. The van der Waals surface area contributed by atoms with Crippen molar-refractivity contribution in [3.8, 4) is 11.5 Å². The van der Waals surface area contributed by atoms with Gasteiger partial charge in [0.05, 0.1) is 0 Å². The Morgan fingerprint density at radius 1 is 1.05 bits per heavy atom. The average molecular weight is 398 g/mol. The fourth-order valence-electron chi connectivity index (χ4n) is 1.91. The van der Waals surface area contributed by atoms with E-state index in [0.29, 0.717) is 0 Å². The summed E-state index contributed by atoms with van der Waals surface area (Å²) < 4.78 is 7.10. The van der Waals surface area contributed by atoms with Gasteiger partial charge in [-0.05, 0) is 41.3 Å². The Hall–Kier alpha value is -0.800. The first-order valence-electron chi connectivity index (χ1n) is 6.53. The largest absolute Gasteiger partial charge is 0.457 e. The molecule has 2 aromatic carbocycles. The first kappa shape index (κ1) is 15.6. The molecule has 0 saturated carbocycles. The second kappa shape index (κ2) is 6.31. The highest BCUT2D eigenvalue weighted by molar-refractivity contribution is 9.10. The van der Waals surface area contributed by atoms with E-state index in [1.54, 1.807) is 0 Å². The van der Waals surface area contributed by atoms with E-state index in [2.05, 4.69) is 70.8 Å². The number of rotatable bonds is 3. The molecule has 3 heteroatoms. The zero-order valence-electron chi connectivity index (χ0n) is 11.9. The van der Waals surface area contributed by atoms with E-state index in [0.717, 1.165) is 26.9 Å². The molecule has 0 radical (unpaired) electrons. The number of ether oxygens (including phenoxy) is 1. The second-order valence-corrected chi connectivity index (χ2v) is 7.24. The molecule has 20 heavy (non-hydrogen) atoms. The quantitative estimate of drug-likeness (QED) is 0.542. The van der Waals surface area contributed by atoms with Crippen LogP contribution in [-0.4, -0.2) is 0 Å². The molecule has 0 atom stereocenters. The van der Waals surface area contributed by atoms with Crippen molar-refractivity contribution in [2.45, 2.75) is 31.5 Å². The van der Waals surface area contributed by atoms with Crippen LogP contribution in [0.2, 0.25) is 0 Å². The average Bonchev–Trinajstić information content (AvgIpc) is 2.40. The highest BCUT2D eigenvalue weighted by atomic mass is 79.9. The molecule has 0 spiro atoms. The Bertz CT molecular complexity index is 600. The van der Waals surface area contributed by atoms with Crippen molar-refractivity contribution in [2.75, 3.05) is 0 Å². The van der Waals surface area contributed by atoms with Gasteiger partial charge in [-0.25, -0.2) is 0 Å². The van der Waals surface area contributed by atoms with Crippen LogP contribution in [0.25, 0.3) is 0 Å². The summed E-state index contributed by atoms with van der Waals surface area (Å²) in [6, 6.07) is 14.3. The normalized spacial score (nSPS) is 11.4. The minimum absolute atomic E-state index is 0.122. The van der Waals surface area contributed by atoms with Crippen molar-refractivity contribution in [3.05, 3.63) is 58.1 Å². The van der Waals surface area contributed by atoms with Gasteiger partial charge < -0.3 is 4.74 Å². The minimum Gasteiger partial charge on any atom is -0.457 e. The fraction of sp³-hybridized carbons (Fsp3) is 0.294. The Morgan fingerprint density at radius 3 is 2.45 bits per heavy atom. The molecule has 1 nitrogen and oxygen atoms in total. The van der Waals surface area contributed by atoms with Gasteiger partial charge in [0.15, 0.2) is 0 Å². The van der Waals surface area contributed by atoms with E-state index in [-0.39, 0.29) is 5.41 Å². The van der Waals surface area contributed by atoms with E-state index in [1.165, 1.54) is 5.56 Å². The van der Waals surface area contributed by atoms with E-state index in [4.69, 9.17) is 4.74 Å². The molecule has 0 amide bonds. The summed E-state index contributed by atoms with van der Waals surface area (Å²) in [5, 5.41) is 0.765. The molecule has 0 aliphatic carbocycles. The van der Waals surface area contributed by atoms with Crippen LogP contribution in [0.15, 0.2) is 46.9 Å². The molecule has 2 aromatic rings. The molecular formula is C17H18Br2O. The topological polar surface area (TPSA) is 9.23 Å². The van der Waals surface area contributed by atoms with Crippen LogP contribution < -0.4 is 4.74 Å². The number of halogens is 2. The maximum absolute atomic E-state index is 6.04. The first-order valence-corrected chi connectivity index (χ1v) is 8.44. The lowest BCUT2D eigenvalue weighted by atomic mass is 9.87. The van der Waals surface area contributed by atoms with Gasteiger partial charge in [0.1, 0.15) is 11.5 Å². The Kier molecular flexibility index (Phi) is 4.92. The van der Waals surface area contributed by atoms with Crippen molar-refractivity contribution in [1.29, 1.82) is 0 Å². The maximum atomic E-state index is 6.04. The van der Waals surface area contributed by atoms with Gasteiger partial charge in [-0.15, -0.1) is 0 Å². The molecule has 0 aliphatic rings. The third-order valence-electron chi connectivity index (χ3n) is 3.09. The van der Waals surface area contributed by atoms with Crippen molar-refractivity contribution >= 4 is 31.9 Å². The number of benzene rings is 2. The fourth-order valence-corrected chi connectivity index (χ4v) is 2.75. The molecule has 0 aromatic heterocycles. The van der Waals surface area contributed by atoms with Gasteiger partial charge in [0, 0.05) is 15.4 Å². The number of hydrogen-bond donors (Lipinski definition) is 0. The lowest BCUT2D eigenvalue weighted by molar-refractivity contribution is 0.474. The lowest BCUT2D eigenvalue weighted by Gasteiger charge is -2.20. The molecule has 2 rings (SSSR count). The third kappa shape index (κ3) is 3.86. The van der Waals surface area contributed by atoms with Gasteiger partial charge in [-0.3, -0.25) is 0 Å². The van der Waals surface area contributed by atoms with Crippen LogP contribution >= 0.6 is 31.9 Å². The Labute approximate surface area is 137 Å². The predicted molar refractivity (Wildman–Crippen MR) is 92.0 cm³/mol. The molecule has 0 fully saturated rings. The summed E-state index contributed by atoms with van der Waals surface area (Å²) in [7, 11) is 0. The van der Waals surface area contributed by atoms with E-state index < -0.39 is 0 Å². The van der Waals surface area contributed by atoms with Gasteiger partial charge in [0.2, 0.25) is 0 Å². The van der Waals surface area contributed by atoms with Crippen LogP contribution in [0.5, 0.6) is 11.5 Å². The van der Waals surface area contributed by atoms with Gasteiger partial charge in [-0.2, -0.15) is 0 Å². The molecule has 0 bridgehead atoms. The summed E-state index contributed by atoms with van der Waals surface area (Å²) in [5.41, 5.74) is 2.52. The third-order valence-corrected chi connectivity index (χ3v) is 4.19. The molecular weight excluding hydrogens is 380 g/mol. The number of hydrogen-bond acceptors (Lipinski definition) is 1. The SMILES string of the molecule is CC(C)(C)c1cccc(Oc2ccc(Br)cc2CBr)c1. The maximum Gasteiger partial charge on any atom is 0.131 e. The number of alkyl halides is 1. The van der Waals surface area contributed by atoms with Gasteiger partial charge in [0.25, 0.3) is 0 Å². The van der Waals surface area contributed by atoms with Crippen molar-refractivity contribution < 1.29 is 4.74 Å². The smallest absolute Gasteiger partial charge is 0.131 e. The summed E-state index contributed by atoms with van der Waals surface area (Å²) in [5.74, 6) is 1.76. The highest BCUT2D eigenvalue weighted by Crippen LogP contribution is 2.32. The van der Waals surface area contributed by atoms with Crippen LogP contribution in [0.4, 0.5) is 0 Å².